The van der Waals surface area contributed by atoms with Gasteiger partial charge in [0.15, 0.2) is 16.8 Å². The van der Waals surface area contributed by atoms with E-state index in [9.17, 15) is 13.2 Å². The first-order chi connectivity index (χ1) is 15.6. The number of carbonyl (C=O) groups excluding carboxylic acids is 1. The molecule has 1 aromatic heterocycles. The van der Waals surface area contributed by atoms with Crippen LogP contribution in [0.15, 0.2) is 53.7 Å². The first-order valence-corrected chi connectivity index (χ1v) is 13.4. The van der Waals surface area contributed by atoms with E-state index >= 15 is 0 Å². The number of ketones is 1. The van der Waals surface area contributed by atoms with Crippen LogP contribution in [0.3, 0.4) is 0 Å². The van der Waals surface area contributed by atoms with Crippen molar-refractivity contribution in [3.05, 3.63) is 54.1 Å². The number of hydrogen-bond acceptors (Lipinski definition) is 7. The van der Waals surface area contributed by atoms with Gasteiger partial charge >= 0.3 is 0 Å². The summed E-state index contributed by atoms with van der Waals surface area (Å²) in [5, 5.41) is 8.88. The summed E-state index contributed by atoms with van der Waals surface area (Å²) in [6.45, 7) is 7.98. The molecule has 2 aromatic carbocycles. The van der Waals surface area contributed by atoms with Gasteiger partial charge in [0.05, 0.1) is 11.5 Å². The monoisotopic (exact) mass is 487 g/mol. The quantitative estimate of drug-likeness (QED) is 0.340. The van der Waals surface area contributed by atoms with Gasteiger partial charge in [-0.05, 0) is 69.3 Å². The summed E-state index contributed by atoms with van der Waals surface area (Å²) in [7, 11) is -1.47. The van der Waals surface area contributed by atoms with E-state index in [0.29, 0.717) is 16.4 Å². The lowest BCUT2D eigenvalue weighted by Crippen LogP contribution is -2.21. The second kappa shape index (κ2) is 10.4. The normalized spacial score (nSPS) is 12.4. The molecule has 0 spiro atoms. The molecule has 0 amide bonds. The number of aromatic nitrogens is 3. The molecule has 0 aliphatic carbocycles. The van der Waals surface area contributed by atoms with E-state index in [-0.39, 0.29) is 11.0 Å². The van der Waals surface area contributed by atoms with Crippen LogP contribution in [0.1, 0.15) is 31.1 Å². The molecular formula is C23H29N5O3S2. The topological polar surface area (TPSA) is 97.2 Å². The maximum atomic E-state index is 12.9. The third kappa shape index (κ3) is 6.14. The third-order valence-corrected chi connectivity index (χ3v) is 6.95. The molecule has 10 heteroatoms. The van der Waals surface area contributed by atoms with Gasteiger partial charge in [0.2, 0.25) is 10.0 Å². The van der Waals surface area contributed by atoms with Crippen molar-refractivity contribution in [3.8, 4) is 11.4 Å². The Kier molecular flexibility index (Phi) is 7.80. The van der Waals surface area contributed by atoms with Crippen molar-refractivity contribution in [3.63, 3.8) is 0 Å². The van der Waals surface area contributed by atoms with Gasteiger partial charge in [-0.2, -0.15) is 0 Å². The predicted molar refractivity (Wildman–Crippen MR) is 135 cm³/mol. The SMILES string of the molecule is CCN(CC)c1ccc(-c2nnc(S[C@@H](C)C(=O)c3ccc(NS(C)(=O)=O)cc3)n2C)cc1. The average Bonchev–Trinajstić information content (AvgIpc) is 3.14. The average molecular weight is 488 g/mol. The van der Waals surface area contributed by atoms with Crippen LogP contribution in [0.4, 0.5) is 11.4 Å². The smallest absolute Gasteiger partial charge is 0.229 e. The van der Waals surface area contributed by atoms with Crippen molar-refractivity contribution in [2.75, 3.05) is 29.0 Å². The standard InChI is InChI=1S/C23H29N5O3S2/c1-6-28(7-2)20-14-10-18(11-15-20)22-24-25-23(27(22)4)32-16(3)21(29)17-8-12-19(13-9-17)26-33(5,30)31/h8-16,26H,6-7H2,1-5H3/t16-/m0/s1. The predicted octanol–water partition coefficient (Wildman–Crippen LogP) is 4.06. The van der Waals surface area contributed by atoms with Gasteiger partial charge in [-0.3, -0.25) is 9.52 Å². The Balaban J connectivity index is 1.71. The molecule has 0 radical (unpaired) electrons. The molecule has 1 heterocycles. The van der Waals surface area contributed by atoms with Gasteiger partial charge in [0, 0.05) is 42.6 Å². The molecule has 8 nitrogen and oxygen atoms in total. The van der Waals surface area contributed by atoms with Crippen molar-refractivity contribution in [1.82, 2.24) is 14.8 Å². The third-order valence-electron chi connectivity index (χ3n) is 5.21. The summed E-state index contributed by atoms with van der Waals surface area (Å²) in [4.78, 5) is 15.1. The molecule has 0 saturated carbocycles. The summed E-state index contributed by atoms with van der Waals surface area (Å²) in [5.74, 6) is 0.665. The summed E-state index contributed by atoms with van der Waals surface area (Å²) in [5.41, 5.74) is 3.04. The van der Waals surface area contributed by atoms with Crippen molar-refractivity contribution in [1.29, 1.82) is 0 Å². The maximum absolute atomic E-state index is 12.9. The van der Waals surface area contributed by atoms with Gasteiger partial charge in [0.25, 0.3) is 0 Å². The van der Waals surface area contributed by atoms with Gasteiger partial charge in [-0.25, -0.2) is 8.42 Å². The number of carbonyl (C=O) groups is 1. The number of nitrogens with one attached hydrogen (secondary N) is 1. The highest BCUT2D eigenvalue weighted by molar-refractivity contribution is 8.00. The van der Waals surface area contributed by atoms with Gasteiger partial charge in [-0.15, -0.1) is 10.2 Å². The molecule has 33 heavy (non-hydrogen) atoms. The largest absolute Gasteiger partial charge is 0.372 e. The Bertz CT molecular complexity index is 1200. The van der Waals surface area contributed by atoms with Crippen molar-refractivity contribution < 1.29 is 13.2 Å². The Hall–Kier alpha value is -2.85. The molecule has 0 aliphatic rings. The van der Waals surface area contributed by atoms with E-state index in [4.69, 9.17) is 0 Å². The molecule has 1 N–H and O–H groups in total. The molecular weight excluding hydrogens is 458 g/mol. The Morgan fingerprint density at radius 3 is 2.21 bits per heavy atom. The number of anilines is 2. The molecule has 0 saturated heterocycles. The highest BCUT2D eigenvalue weighted by Gasteiger charge is 2.21. The minimum absolute atomic E-state index is 0.0703. The van der Waals surface area contributed by atoms with Gasteiger partial charge in [0.1, 0.15) is 0 Å². The second-order valence-electron chi connectivity index (χ2n) is 7.66. The zero-order valence-electron chi connectivity index (χ0n) is 19.4. The number of Topliss-reactive ketones (excluding diaryl/α,β-unsaturated/α-hetero) is 1. The van der Waals surface area contributed by atoms with E-state index in [0.717, 1.165) is 36.4 Å². The van der Waals surface area contributed by atoms with Crippen LogP contribution in [0.5, 0.6) is 0 Å². The summed E-state index contributed by atoms with van der Waals surface area (Å²) < 4.78 is 27.0. The van der Waals surface area contributed by atoms with E-state index in [1.165, 1.54) is 11.8 Å². The fraction of sp³-hybridized carbons (Fsp3) is 0.348. The van der Waals surface area contributed by atoms with Gasteiger partial charge in [-0.1, -0.05) is 11.8 Å². The van der Waals surface area contributed by atoms with Crippen LogP contribution >= 0.6 is 11.8 Å². The number of hydrogen-bond donors (Lipinski definition) is 1. The summed E-state index contributed by atoms with van der Waals surface area (Å²) in [6.07, 6.45) is 1.08. The van der Waals surface area contributed by atoms with Gasteiger partial charge < -0.3 is 9.47 Å². The number of rotatable bonds is 10. The molecule has 0 fully saturated rings. The zero-order chi connectivity index (χ0) is 24.2. The second-order valence-corrected chi connectivity index (χ2v) is 10.7. The van der Waals surface area contributed by atoms with Crippen LogP contribution in [-0.4, -0.2) is 53.6 Å². The summed E-state index contributed by atoms with van der Waals surface area (Å²) in [6, 6.07) is 14.6. The molecule has 3 rings (SSSR count). The molecule has 0 bridgehead atoms. The fourth-order valence-corrected chi connectivity index (χ4v) is 4.90. The zero-order valence-corrected chi connectivity index (χ0v) is 21.1. The summed E-state index contributed by atoms with van der Waals surface area (Å²) >= 11 is 1.34. The van der Waals surface area contributed by atoms with Crippen molar-refractivity contribution >= 4 is 38.9 Å². The van der Waals surface area contributed by atoms with Crippen LogP contribution in [0, 0.1) is 0 Å². The van der Waals surface area contributed by atoms with Crippen molar-refractivity contribution in [2.24, 2.45) is 7.05 Å². The first kappa shape index (κ1) is 24.8. The highest BCUT2D eigenvalue weighted by atomic mass is 32.2. The Morgan fingerprint density at radius 1 is 1.06 bits per heavy atom. The van der Waals surface area contributed by atoms with E-state index in [1.807, 2.05) is 30.7 Å². The lowest BCUT2D eigenvalue weighted by Gasteiger charge is -2.21. The van der Waals surface area contributed by atoms with Crippen LogP contribution in [0.2, 0.25) is 0 Å². The van der Waals surface area contributed by atoms with Crippen molar-refractivity contribution in [2.45, 2.75) is 31.2 Å². The lowest BCUT2D eigenvalue weighted by atomic mass is 10.1. The fourth-order valence-electron chi connectivity index (χ4n) is 3.44. The van der Waals surface area contributed by atoms with Crippen LogP contribution < -0.4 is 9.62 Å². The van der Waals surface area contributed by atoms with E-state index in [1.54, 1.807) is 24.3 Å². The number of benzene rings is 2. The highest BCUT2D eigenvalue weighted by Crippen LogP contribution is 2.28. The first-order valence-electron chi connectivity index (χ1n) is 10.7. The molecule has 1 atom stereocenters. The lowest BCUT2D eigenvalue weighted by molar-refractivity contribution is 0.0994. The molecule has 0 aliphatic heterocycles. The Morgan fingerprint density at radius 2 is 1.67 bits per heavy atom. The minimum Gasteiger partial charge on any atom is -0.372 e. The molecule has 3 aromatic rings. The molecule has 0 unspecified atom stereocenters. The van der Waals surface area contributed by atoms with Crippen LogP contribution in [0.25, 0.3) is 11.4 Å². The van der Waals surface area contributed by atoms with Crippen LogP contribution in [-0.2, 0) is 17.1 Å². The van der Waals surface area contributed by atoms with E-state index < -0.39 is 10.0 Å². The maximum Gasteiger partial charge on any atom is 0.229 e. The minimum atomic E-state index is -3.36. The number of thioether (sulfide) groups is 1. The molecule has 176 valence electrons. The number of sulfonamides is 1. The Labute approximate surface area is 199 Å². The van der Waals surface area contributed by atoms with E-state index in [2.05, 4.69) is 45.8 Å². The number of nitrogens with zero attached hydrogens (tertiary/aromatic N) is 4.